The van der Waals surface area contributed by atoms with Gasteiger partial charge in [-0.15, -0.1) is 0 Å². The second-order valence-electron chi connectivity index (χ2n) is 3.84. The maximum Gasteiger partial charge on any atom is 0.105 e. The lowest BCUT2D eigenvalue weighted by Crippen LogP contribution is -2.33. The van der Waals surface area contributed by atoms with Crippen molar-refractivity contribution in [2.24, 2.45) is 5.92 Å². The van der Waals surface area contributed by atoms with Gasteiger partial charge in [0, 0.05) is 12.6 Å². The van der Waals surface area contributed by atoms with Crippen LogP contribution in [0.4, 0.5) is 4.39 Å². The van der Waals surface area contributed by atoms with Crippen LogP contribution in [0.25, 0.3) is 0 Å². The molecule has 0 amide bonds. The zero-order valence-corrected chi connectivity index (χ0v) is 7.52. The maximum atomic E-state index is 12.4. The van der Waals surface area contributed by atoms with Crippen LogP contribution in [0.1, 0.15) is 26.7 Å². The van der Waals surface area contributed by atoms with E-state index in [4.69, 9.17) is 0 Å². The highest BCUT2D eigenvalue weighted by Crippen LogP contribution is 2.18. The fourth-order valence-corrected chi connectivity index (χ4v) is 1.78. The van der Waals surface area contributed by atoms with Gasteiger partial charge in [0.05, 0.1) is 0 Å². The third kappa shape index (κ3) is 2.44. The minimum Gasteiger partial charge on any atom is -0.298 e. The molecule has 0 aromatic heterocycles. The monoisotopic (exact) mass is 159 g/mol. The molecule has 0 spiro atoms. The Kier molecular flexibility index (Phi) is 3.31. The fourth-order valence-electron chi connectivity index (χ4n) is 1.78. The van der Waals surface area contributed by atoms with Gasteiger partial charge in [0.1, 0.15) is 6.67 Å². The molecule has 0 N–H and O–H groups in total. The van der Waals surface area contributed by atoms with Crippen LogP contribution in [-0.4, -0.2) is 30.7 Å². The molecule has 2 heteroatoms. The van der Waals surface area contributed by atoms with Crippen LogP contribution in [0.5, 0.6) is 0 Å². The molecule has 0 aromatic carbocycles. The van der Waals surface area contributed by atoms with E-state index in [2.05, 4.69) is 18.7 Å². The first-order valence-electron chi connectivity index (χ1n) is 4.54. The molecule has 0 aliphatic carbocycles. The molecule has 0 bridgehead atoms. The van der Waals surface area contributed by atoms with E-state index in [-0.39, 0.29) is 12.7 Å². The van der Waals surface area contributed by atoms with E-state index in [1.165, 1.54) is 6.42 Å². The minimum absolute atomic E-state index is 0.160. The zero-order valence-electron chi connectivity index (χ0n) is 7.52. The largest absolute Gasteiger partial charge is 0.298 e. The van der Waals surface area contributed by atoms with Crippen molar-refractivity contribution < 1.29 is 4.39 Å². The van der Waals surface area contributed by atoms with E-state index < -0.39 is 0 Å². The SMILES string of the molecule is CC(C)CN1CCC[C@H]1CF. The average molecular weight is 159 g/mol. The molecule has 0 unspecified atom stereocenters. The van der Waals surface area contributed by atoms with Gasteiger partial charge in [-0.3, -0.25) is 4.90 Å². The summed E-state index contributed by atoms with van der Waals surface area (Å²) in [6, 6.07) is 0.234. The molecule has 1 aliphatic heterocycles. The van der Waals surface area contributed by atoms with Crippen molar-refractivity contribution in [3.63, 3.8) is 0 Å². The van der Waals surface area contributed by atoms with Crippen LogP contribution in [0.2, 0.25) is 0 Å². The van der Waals surface area contributed by atoms with E-state index in [1.54, 1.807) is 0 Å². The lowest BCUT2D eigenvalue weighted by molar-refractivity contribution is 0.195. The second kappa shape index (κ2) is 4.05. The molecule has 1 rings (SSSR count). The average Bonchev–Trinajstić information content (AvgIpc) is 2.34. The molecule has 1 heterocycles. The molecule has 0 saturated carbocycles. The van der Waals surface area contributed by atoms with Gasteiger partial charge in [-0.2, -0.15) is 0 Å². The molecule has 0 aromatic rings. The van der Waals surface area contributed by atoms with E-state index in [1.807, 2.05) is 0 Å². The van der Waals surface area contributed by atoms with Crippen LogP contribution >= 0.6 is 0 Å². The van der Waals surface area contributed by atoms with E-state index in [0.29, 0.717) is 5.92 Å². The molecule has 1 saturated heterocycles. The standard InChI is InChI=1S/C9H18FN/c1-8(2)7-11-5-3-4-9(11)6-10/h8-9H,3-7H2,1-2H3/t9-/m0/s1. The molecular weight excluding hydrogens is 141 g/mol. The number of hydrogen-bond acceptors (Lipinski definition) is 1. The molecule has 1 aliphatic rings. The summed E-state index contributed by atoms with van der Waals surface area (Å²) in [5, 5.41) is 0. The summed E-state index contributed by atoms with van der Waals surface area (Å²) >= 11 is 0. The normalized spacial score (nSPS) is 26.7. The van der Waals surface area contributed by atoms with Crippen molar-refractivity contribution in [1.82, 2.24) is 4.90 Å². The first-order valence-corrected chi connectivity index (χ1v) is 4.54. The number of alkyl halides is 1. The Bertz CT molecular complexity index is 114. The van der Waals surface area contributed by atoms with Crippen LogP contribution < -0.4 is 0 Å². The minimum atomic E-state index is -0.160. The van der Waals surface area contributed by atoms with Gasteiger partial charge >= 0.3 is 0 Å². The van der Waals surface area contributed by atoms with Gasteiger partial charge in [-0.25, -0.2) is 4.39 Å². The predicted octanol–water partition coefficient (Wildman–Crippen LogP) is 2.08. The predicted molar refractivity (Wildman–Crippen MR) is 45.4 cm³/mol. The van der Waals surface area contributed by atoms with Crippen molar-refractivity contribution >= 4 is 0 Å². The molecular formula is C9H18FN. The van der Waals surface area contributed by atoms with Gasteiger partial charge in [-0.05, 0) is 25.3 Å². The summed E-state index contributed by atoms with van der Waals surface area (Å²) in [6.45, 7) is 6.38. The molecule has 66 valence electrons. The summed E-state index contributed by atoms with van der Waals surface area (Å²) in [5.74, 6) is 0.669. The highest BCUT2D eigenvalue weighted by Gasteiger charge is 2.24. The van der Waals surface area contributed by atoms with E-state index >= 15 is 0 Å². The number of hydrogen-bond donors (Lipinski definition) is 0. The maximum absolute atomic E-state index is 12.4. The Balaban J connectivity index is 2.31. The molecule has 1 atom stereocenters. The Morgan fingerprint density at radius 3 is 2.82 bits per heavy atom. The van der Waals surface area contributed by atoms with Gasteiger partial charge in [0.15, 0.2) is 0 Å². The smallest absolute Gasteiger partial charge is 0.105 e. The van der Waals surface area contributed by atoms with Crippen molar-refractivity contribution in [1.29, 1.82) is 0 Å². The third-order valence-electron chi connectivity index (χ3n) is 2.28. The summed E-state index contributed by atoms with van der Waals surface area (Å²) in [5.41, 5.74) is 0. The third-order valence-corrected chi connectivity index (χ3v) is 2.28. The number of nitrogens with zero attached hydrogens (tertiary/aromatic N) is 1. The highest BCUT2D eigenvalue weighted by atomic mass is 19.1. The van der Waals surface area contributed by atoms with Gasteiger partial charge in [0.25, 0.3) is 0 Å². The van der Waals surface area contributed by atoms with Crippen molar-refractivity contribution in [3.05, 3.63) is 0 Å². The quantitative estimate of drug-likeness (QED) is 0.609. The summed E-state index contributed by atoms with van der Waals surface area (Å²) < 4.78 is 12.4. The van der Waals surface area contributed by atoms with Crippen molar-refractivity contribution in [3.8, 4) is 0 Å². The number of rotatable bonds is 3. The zero-order chi connectivity index (χ0) is 8.27. The Labute approximate surface area is 68.6 Å². The summed E-state index contributed by atoms with van der Waals surface area (Å²) in [7, 11) is 0. The number of halogens is 1. The molecule has 11 heavy (non-hydrogen) atoms. The van der Waals surface area contributed by atoms with E-state index in [9.17, 15) is 4.39 Å². The lowest BCUT2D eigenvalue weighted by Gasteiger charge is -2.23. The van der Waals surface area contributed by atoms with Crippen molar-refractivity contribution in [2.75, 3.05) is 19.8 Å². The molecule has 1 fully saturated rings. The van der Waals surface area contributed by atoms with Crippen LogP contribution in [-0.2, 0) is 0 Å². The van der Waals surface area contributed by atoms with Gasteiger partial charge in [-0.1, -0.05) is 13.8 Å². The first kappa shape index (κ1) is 8.98. The summed E-state index contributed by atoms with van der Waals surface area (Å²) in [6.07, 6.45) is 2.24. The van der Waals surface area contributed by atoms with E-state index in [0.717, 1.165) is 19.5 Å². The Hall–Kier alpha value is -0.110. The highest BCUT2D eigenvalue weighted by molar-refractivity contribution is 4.78. The second-order valence-corrected chi connectivity index (χ2v) is 3.84. The molecule has 1 nitrogen and oxygen atoms in total. The van der Waals surface area contributed by atoms with Crippen LogP contribution in [0, 0.1) is 5.92 Å². The first-order chi connectivity index (χ1) is 5.24. The Morgan fingerprint density at radius 1 is 1.55 bits per heavy atom. The van der Waals surface area contributed by atoms with Crippen molar-refractivity contribution in [2.45, 2.75) is 32.7 Å². The fraction of sp³-hybridized carbons (Fsp3) is 1.00. The Morgan fingerprint density at radius 2 is 2.27 bits per heavy atom. The number of likely N-dealkylation sites (tertiary alicyclic amines) is 1. The van der Waals surface area contributed by atoms with Gasteiger partial charge < -0.3 is 0 Å². The van der Waals surface area contributed by atoms with Crippen LogP contribution in [0.15, 0.2) is 0 Å². The lowest BCUT2D eigenvalue weighted by atomic mass is 10.2. The summed E-state index contributed by atoms with van der Waals surface area (Å²) in [4.78, 5) is 2.28. The molecule has 0 radical (unpaired) electrons. The van der Waals surface area contributed by atoms with Crippen LogP contribution in [0.3, 0.4) is 0 Å². The van der Waals surface area contributed by atoms with Gasteiger partial charge in [0.2, 0.25) is 0 Å². The topological polar surface area (TPSA) is 3.24 Å².